The number of carbonyl (C=O) groups excluding carboxylic acids is 1. The third kappa shape index (κ3) is 5.91. The quantitative estimate of drug-likeness (QED) is 0.485. The van der Waals surface area contributed by atoms with E-state index in [-0.39, 0.29) is 5.91 Å². The molecule has 0 saturated heterocycles. The van der Waals surface area contributed by atoms with Gasteiger partial charge in [0.1, 0.15) is 0 Å². The van der Waals surface area contributed by atoms with Crippen LogP contribution in [0.25, 0.3) is 0 Å². The number of benzene rings is 2. The van der Waals surface area contributed by atoms with Crippen molar-refractivity contribution in [3.05, 3.63) is 59.2 Å². The molecule has 0 unspecified atom stereocenters. The van der Waals surface area contributed by atoms with E-state index in [9.17, 15) is 4.79 Å². The van der Waals surface area contributed by atoms with E-state index >= 15 is 0 Å². The lowest BCUT2D eigenvalue weighted by molar-refractivity contribution is 0.0963. The van der Waals surface area contributed by atoms with Gasteiger partial charge in [-0.2, -0.15) is 0 Å². The first-order chi connectivity index (χ1) is 13.1. The van der Waals surface area contributed by atoms with Crippen LogP contribution in [-0.4, -0.2) is 39.7 Å². The highest BCUT2D eigenvalue weighted by Gasteiger charge is 2.05. The molecule has 0 saturated carbocycles. The van der Waals surface area contributed by atoms with Gasteiger partial charge in [-0.1, -0.05) is 18.2 Å². The highest BCUT2D eigenvalue weighted by Crippen LogP contribution is 2.27. The zero-order chi connectivity index (χ0) is 19.6. The molecule has 7 nitrogen and oxygen atoms in total. The Kier molecular flexibility index (Phi) is 7.49. The summed E-state index contributed by atoms with van der Waals surface area (Å²) in [6, 6.07) is 13.1. The highest BCUT2D eigenvalue weighted by atomic mass is 16.5. The number of rotatable bonds is 8. The van der Waals surface area contributed by atoms with Crippen molar-refractivity contribution < 1.29 is 14.3 Å². The summed E-state index contributed by atoms with van der Waals surface area (Å²) in [6.07, 6.45) is 0.734. The van der Waals surface area contributed by atoms with Crippen LogP contribution in [-0.2, 0) is 13.0 Å². The molecule has 27 heavy (non-hydrogen) atoms. The molecule has 0 spiro atoms. The number of carbonyl (C=O) groups is 1. The van der Waals surface area contributed by atoms with Gasteiger partial charge in [0.2, 0.25) is 0 Å². The number of nitrogens with two attached hydrogens (primary N) is 1. The third-order valence-electron chi connectivity index (χ3n) is 4.02. The standard InChI is InChI=1S/C20H26N4O3/c1-22-19(25)16-6-4-5-14(11-16)9-10-23-20(21)24-13-15-7-8-17(26-2)18(12-15)27-3/h4-8,11-12H,9-10,13H2,1-3H3,(H,22,25)(H3,21,23,24). The maximum Gasteiger partial charge on any atom is 0.251 e. The van der Waals surface area contributed by atoms with Gasteiger partial charge >= 0.3 is 0 Å². The van der Waals surface area contributed by atoms with Gasteiger partial charge in [-0.3, -0.25) is 4.79 Å². The summed E-state index contributed by atoms with van der Waals surface area (Å²) in [5, 5.41) is 5.71. The van der Waals surface area contributed by atoms with Gasteiger partial charge < -0.3 is 25.8 Å². The van der Waals surface area contributed by atoms with Crippen molar-refractivity contribution in [2.45, 2.75) is 13.0 Å². The first-order valence-electron chi connectivity index (χ1n) is 8.63. The van der Waals surface area contributed by atoms with Crippen LogP contribution in [0.4, 0.5) is 0 Å². The van der Waals surface area contributed by atoms with E-state index in [2.05, 4.69) is 15.6 Å². The first-order valence-corrected chi connectivity index (χ1v) is 8.63. The van der Waals surface area contributed by atoms with E-state index in [1.54, 1.807) is 27.3 Å². The number of guanidine groups is 1. The van der Waals surface area contributed by atoms with Crippen molar-refractivity contribution >= 4 is 11.9 Å². The van der Waals surface area contributed by atoms with Gasteiger partial charge in [-0.25, -0.2) is 4.99 Å². The molecule has 0 aliphatic heterocycles. The van der Waals surface area contributed by atoms with Crippen LogP contribution in [0.3, 0.4) is 0 Å². The van der Waals surface area contributed by atoms with E-state index in [1.807, 2.05) is 36.4 Å². The normalized spacial score (nSPS) is 11.0. The van der Waals surface area contributed by atoms with Crippen LogP contribution in [0.5, 0.6) is 11.5 Å². The predicted molar refractivity (Wildman–Crippen MR) is 106 cm³/mol. The Balaban J connectivity index is 1.87. The number of hydrogen-bond acceptors (Lipinski definition) is 4. The second kappa shape index (κ2) is 10.1. The van der Waals surface area contributed by atoms with Gasteiger partial charge in [-0.15, -0.1) is 0 Å². The Morgan fingerprint density at radius 2 is 1.85 bits per heavy atom. The van der Waals surface area contributed by atoms with Crippen LogP contribution in [0.2, 0.25) is 0 Å². The molecule has 2 aromatic rings. The molecular weight excluding hydrogens is 344 g/mol. The zero-order valence-corrected chi connectivity index (χ0v) is 15.9. The van der Waals surface area contributed by atoms with E-state index in [0.29, 0.717) is 36.1 Å². The average molecular weight is 370 g/mol. The van der Waals surface area contributed by atoms with Gasteiger partial charge in [0.05, 0.1) is 20.8 Å². The van der Waals surface area contributed by atoms with Crippen LogP contribution < -0.4 is 25.8 Å². The minimum Gasteiger partial charge on any atom is -0.493 e. The Morgan fingerprint density at radius 1 is 1.07 bits per heavy atom. The average Bonchev–Trinajstić information content (AvgIpc) is 2.71. The SMILES string of the molecule is CNC(=O)c1cccc(CCNC(N)=NCc2ccc(OC)c(OC)c2)c1. The number of ether oxygens (including phenoxy) is 2. The third-order valence-corrected chi connectivity index (χ3v) is 4.02. The topological polar surface area (TPSA) is 98.0 Å². The lowest BCUT2D eigenvalue weighted by Crippen LogP contribution is -2.33. The monoisotopic (exact) mass is 370 g/mol. The summed E-state index contributed by atoms with van der Waals surface area (Å²) in [4.78, 5) is 16.0. The molecule has 0 heterocycles. The summed E-state index contributed by atoms with van der Waals surface area (Å²) in [7, 11) is 4.81. The molecule has 0 bridgehead atoms. The highest BCUT2D eigenvalue weighted by molar-refractivity contribution is 5.94. The summed E-state index contributed by atoms with van der Waals surface area (Å²) in [5.41, 5.74) is 8.59. The number of methoxy groups -OCH3 is 2. The lowest BCUT2D eigenvalue weighted by Gasteiger charge is -2.09. The maximum absolute atomic E-state index is 11.7. The Labute approximate surface area is 159 Å². The fourth-order valence-corrected chi connectivity index (χ4v) is 2.56. The summed E-state index contributed by atoms with van der Waals surface area (Å²) >= 11 is 0. The predicted octanol–water partition coefficient (Wildman–Crippen LogP) is 1.71. The van der Waals surface area contributed by atoms with Crippen molar-refractivity contribution in [2.75, 3.05) is 27.8 Å². The molecule has 0 radical (unpaired) electrons. The van der Waals surface area contributed by atoms with Crippen molar-refractivity contribution in [3.8, 4) is 11.5 Å². The van der Waals surface area contributed by atoms with Crippen molar-refractivity contribution in [2.24, 2.45) is 10.7 Å². The summed E-state index contributed by atoms with van der Waals surface area (Å²) < 4.78 is 10.5. The lowest BCUT2D eigenvalue weighted by atomic mass is 10.1. The van der Waals surface area contributed by atoms with Gasteiger partial charge in [0.15, 0.2) is 17.5 Å². The van der Waals surface area contributed by atoms with E-state index in [1.165, 1.54) is 0 Å². The van der Waals surface area contributed by atoms with Crippen LogP contribution >= 0.6 is 0 Å². The molecule has 0 aliphatic rings. The van der Waals surface area contributed by atoms with Gasteiger partial charge in [0, 0.05) is 19.2 Å². The Morgan fingerprint density at radius 3 is 2.56 bits per heavy atom. The fourth-order valence-electron chi connectivity index (χ4n) is 2.56. The molecule has 0 aliphatic carbocycles. The van der Waals surface area contributed by atoms with E-state index < -0.39 is 0 Å². The number of amides is 1. The molecule has 0 fully saturated rings. The molecule has 2 aromatic carbocycles. The number of nitrogens with one attached hydrogen (secondary N) is 2. The van der Waals surface area contributed by atoms with E-state index in [0.717, 1.165) is 17.5 Å². The molecule has 144 valence electrons. The first kappa shape index (κ1) is 20.1. The fraction of sp³-hybridized carbons (Fsp3) is 0.300. The maximum atomic E-state index is 11.7. The van der Waals surface area contributed by atoms with Crippen LogP contribution in [0, 0.1) is 0 Å². The minimum atomic E-state index is -0.0965. The van der Waals surface area contributed by atoms with Crippen molar-refractivity contribution in [3.63, 3.8) is 0 Å². The second-order valence-corrected chi connectivity index (χ2v) is 5.85. The van der Waals surface area contributed by atoms with Crippen LogP contribution in [0.1, 0.15) is 21.5 Å². The molecule has 4 N–H and O–H groups in total. The van der Waals surface area contributed by atoms with Gasteiger partial charge in [0.25, 0.3) is 5.91 Å². The molecule has 2 rings (SSSR count). The largest absolute Gasteiger partial charge is 0.493 e. The van der Waals surface area contributed by atoms with Crippen molar-refractivity contribution in [1.29, 1.82) is 0 Å². The summed E-state index contributed by atoms with van der Waals surface area (Å²) in [6.45, 7) is 1.06. The number of nitrogens with zero attached hydrogens (tertiary/aromatic N) is 1. The summed E-state index contributed by atoms with van der Waals surface area (Å²) in [5.74, 6) is 1.61. The number of aliphatic imine (C=N–C) groups is 1. The molecule has 7 heteroatoms. The smallest absolute Gasteiger partial charge is 0.251 e. The molecular formula is C20H26N4O3. The zero-order valence-electron chi connectivity index (χ0n) is 15.9. The minimum absolute atomic E-state index is 0.0965. The van der Waals surface area contributed by atoms with Crippen LogP contribution in [0.15, 0.2) is 47.5 Å². The van der Waals surface area contributed by atoms with E-state index in [4.69, 9.17) is 15.2 Å². The number of hydrogen-bond donors (Lipinski definition) is 3. The second-order valence-electron chi connectivity index (χ2n) is 5.85. The van der Waals surface area contributed by atoms with Crippen molar-refractivity contribution in [1.82, 2.24) is 10.6 Å². The molecule has 0 aromatic heterocycles. The molecule has 0 atom stereocenters. The molecule has 1 amide bonds. The Hall–Kier alpha value is -3.22. The van der Waals surface area contributed by atoms with Gasteiger partial charge in [-0.05, 0) is 41.8 Å². The Bertz CT molecular complexity index is 806.